The Morgan fingerprint density at radius 1 is 1.40 bits per heavy atom. The molecular weight excluding hydrogens is 216 g/mol. The van der Waals surface area contributed by atoms with E-state index in [9.17, 15) is 0 Å². The topological polar surface area (TPSA) is 99.7 Å². The zero-order valence-electron chi connectivity index (χ0n) is 8.37. The lowest BCUT2D eigenvalue weighted by Crippen LogP contribution is -2.13. The van der Waals surface area contributed by atoms with Gasteiger partial charge in [0.25, 0.3) is 0 Å². The molecule has 80 valence electrons. The first-order valence-corrected chi connectivity index (χ1v) is 4.67. The number of nitrogens with one attached hydrogen (secondary N) is 2. The van der Waals surface area contributed by atoms with E-state index in [0.717, 1.165) is 0 Å². The summed E-state index contributed by atoms with van der Waals surface area (Å²) in [7, 11) is 0. The normalized spacial score (nSPS) is 9.80. The summed E-state index contributed by atoms with van der Waals surface area (Å²) in [6.45, 7) is 3.87. The maximum absolute atomic E-state index is 8.45. The van der Waals surface area contributed by atoms with Crippen LogP contribution in [0, 0.1) is 11.5 Å². The number of nitrogens with zero attached hydrogens (tertiary/aromatic N) is 3. The highest BCUT2D eigenvalue weighted by atomic mass is 35.5. The summed E-state index contributed by atoms with van der Waals surface area (Å²) in [5.41, 5.74) is 5.51. The Bertz CT molecular complexity index is 397. The second kappa shape index (κ2) is 4.66. The quantitative estimate of drug-likeness (QED) is 0.533. The van der Waals surface area contributed by atoms with Crippen LogP contribution in [0.1, 0.15) is 13.8 Å². The molecule has 0 unspecified atom stereocenters. The fourth-order valence-electron chi connectivity index (χ4n) is 0.937. The summed E-state index contributed by atoms with van der Waals surface area (Å²) in [5.74, 6) is 0.694. The van der Waals surface area contributed by atoms with Crippen LogP contribution in [-0.2, 0) is 0 Å². The maximum Gasteiger partial charge on any atom is 0.184 e. The van der Waals surface area contributed by atoms with E-state index in [1.807, 2.05) is 13.8 Å². The van der Waals surface area contributed by atoms with E-state index in [1.54, 1.807) is 6.19 Å². The van der Waals surface area contributed by atoms with Crippen LogP contribution in [0.2, 0.25) is 5.15 Å². The van der Waals surface area contributed by atoms with E-state index in [2.05, 4.69) is 20.6 Å². The Balaban J connectivity index is 3.07. The third-order valence-corrected chi connectivity index (χ3v) is 1.74. The first-order valence-electron chi connectivity index (χ1n) is 4.29. The number of hydrogen-bond donors (Lipinski definition) is 3. The van der Waals surface area contributed by atoms with Crippen molar-refractivity contribution in [2.75, 3.05) is 16.4 Å². The molecule has 1 heterocycles. The number of hydrogen-bond acceptors (Lipinski definition) is 6. The number of nitriles is 1. The number of aromatic nitrogens is 2. The van der Waals surface area contributed by atoms with E-state index < -0.39 is 0 Å². The molecule has 0 amide bonds. The Labute approximate surface area is 92.5 Å². The molecule has 0 atom stereocenters. The smallest absolute Gasteiger partial charge is 0.184 e. The molecule has 0 fully saturated rings. The predicted molar refractivity (Wildman–Crippen MR) is 59.4 cm³/mol. The molecule has 0 aliphatic rings. The minimum absolute atomic E-state index is 0.0934. The fraction of sp³-hybridized carbons (Fsp3) is 0.375. The first kappa shape index (κ1) is 11.3. The fourth-order valence-corrected chi connectivity index (χ4v) is 1.12. The minimum atomic E-state index is 0.0934. The van der Waals surface area contributed by atoms with Crippen LogP contribution in [0.3, 0.4) is 0 Å². The Morgan fingerprint density at radius 2 is 2.07 bits per heavy atom. The standard InChI is InChI=1S/C8H11ClN6/c1-4(2)13-7-5(9)14-6(11)8(15-7)12-3-10/h4H,1-2H3,(H2,11,14)(H2,12,13,15). The molecule has 0 saturated carbocycles. The second-order valence-corrected chi connectivity index (χ2v) is 3.49. The molecule has 0 aromatic carbocycles. The number of nitrogens with two attached hydrogens (primary N) is 1. The molecule has 0 aliphatic carbocycles. The average molecular weight is 227 g/mol. The third kappa shape index (κ3) is 2.86. The van der Waals surface area contributed by atoms with Crippen molar-refractivity contribution in [3.63, 3.8) is 0 Å². The van der Waals surface area contributed by atoms with Crippen LogP contribution in [0.5, 0.6) is 0 Å². The van der Waals surface area contributed by atoms with Gasteiger partial charge in [0.05, 0.1) is 0 Å². The molecule has 15 heavy (non-hydrogen) atoms. The molecule has 0 radical (unpaired) electrons. The molecular formula is C8H11ClN6. The van der Waals surface area contributed by atoms with Crippen molar-refractivity contribution < 1.29 is 0 Å². The lowest BCUT2D eigenvalue weighted by Gasteiger charge is -2.11. The van der Waals surface area contributed by atoms with Crippen molar-refractivity contribution in [2.45, 2.75) is 19.9 Å². The lowest BCUT2D eigenvalue weighted by molar-refractivity contribution is 0.887. The van der Waals surface area contributed by atoms with Gasteiger partial charge in [-0.05, 0) is 13.8 Å². The van der Waals surface area contributed by atoms with Crippen LogP contribution in [0.15, 0.2) is 0 Å². The summed E-state index contributed by atoms with van der Waals surface area (Å²) >= 11 is 5.82. The predicted octanol–water partition coefficient (Wildman–Crippen LogP) is 1.43. The second-order valence-electron chi connectivity index (χ2n) is 3.13. The zero-order valence-corrected chi connectivity index (χ0v) is 9.13. The van der Waals surface area contributed by atoms with Crippen LogP contribution < -0.4 is 16.4 Å². The highest BCUT2D eigenvalue weighted by Gasteiger charge is 2.10. The van der Waals surface area contributed by atoms with Gasteiger partial charge in [-0.3, -0.25) is 5.32 Å². The molecule has 1 aromatic heterocycles. The van der Waals surface area contributed by atoms with Crippen LogP contribution in [0.4, 0.5) is 17.5 Å². The summed E-state index contributed by atoms with van der Waals surface area (Å²) in [5, 5.41) is 13.9. The van der Waals surface area contributed by atoms with E-state index in [1.165, 1.54) is 0 Å². The van der Waals surface area contributed by atoms with Gasteiger partial charge in [0.2, 0.25) is 0 Å². The van der Waals surface area contributed by atoms with Crippen molar-refractivity contribution in [3.8, 4) is 6.19 Å². The van der Waals surface area contributed by atoms with Gasteiger partial charge in [-0.1, -0.05) is 11.6 Å². The van der Waals surface area contributed by atoms with Gasteiger partial charge in [0.1, 0.15) is 0 Å². The maximum atomic E-state index is 8.45. The third-order valence-electron chi connectivity index (χ3n) is 1.48. The number of nitrogen functional groups attached to an aromatic ring is 1. The van der Waals surface area contributed by atoms with Gasteiger partial charge in [-0.2, -0.15) is 5.26 Å². The molecule has 0 spiro atoms. The van der Waals surface area contributed by atoms with Gasteiger partial charge in [-0.15, -0.1) is 0 Å². The molecule has 6 nitrogen and oxygen atoms in total. The monoisotopic (exact) mass is 226 g/mol. The van der Waals surface area contributed by atoms with E-state index >= 15 is 0 Å². The minimum Gasteiger partial charge on any atom is -0.381 e. The molecule has 7 heteroatoms. The van der Waals surface area contributed by atoms with Gasteiger partial charge < -0.3 is 11.1 Å². The lowest BCUT2D eigenvalue weighted by atomic mass is 10.4. The Morgan fingerprint density at radius 3 is 2.60 bits per heavy atom. The average Bonchev–Trinajstić information content (AvgIpc) is 2.12. The molecule has 1 aromatic rings. The Kier molecular flexibility index (Phi) is 3.52. The van der Waals surface area contributed by atoms with Crippen LogP contribution >= 0.6 is 11.6 Å². The SMILES string of the molecule is CC(C)Nc1nc(NC#N)c(N)nc1Cl. The van der Waals surface area contributed by atoms with Crippen molar-refractivity contribution in [1.29, 1.82) is 5.26 Å². The largest absolute Gasteiger partial charge is 0.381 e. The summed E-state index contributed by atoms with van der Waals surface area (Å²) in [4.78, 5) is 7.89. The Hall–Kier alpha value is -1.74. The van der Waals surface area contributed by atoms with E-state index in [4.69, 9.17) is 22.6 Å². The van der Waals surface area contributed by atoms with Crippen molar-refractivity contribution in [1.82, 2.24) is 9.97 Å². The van der Waals surface area contributed by atoms with Gasteiger partial charge in [-0.25, -0.2) is 9.97 Å². The summed E-state index contributed by atoms with van der Waals surface area (Å²) in [6, 6.07) is 0.162. The van der Waals surface area contributed by atoms with E-state index in [-0.39, 0.29) is 22.8 Å². The molecule has 0 saturated heterocycles. The van der Waals surface area contributed by atoms with Gasteiger partial charge in [0.15, 0.2) is 28.8 Å². The van der Waals surface area contributed by atoms with Crippen molar-refractivity contribution >= 4 is 29.1 Å². The summed E-state index contributed by atoms with van der Waals surface area (Å²) in [6.07, 6.45) is 1.72. The first-order chi connectivity index (χ1) is 7.04. The molecule has 1 rings (SSSR count). The number of rotatable bonds is 3. The highest BCUT2D eigenvalue weighted by molar-refractivity contribution is 6.31. The van der Waals surface area contributed by atoms with E-state index in [0.29, 0.717) is 5.82 Å². The van der Waals surface area contributed by atoms with Crippen molar-refractivity contribution in [3.05, 3.63) is 5.15 Å². The molecule has 4 N–H and O–H groups in total. The zero-order chi connectivity index (χ0) is 11.4. The molecule has 0 bridgehead atoms. The highest BCUT2D eigenvalue weighted by Crippen LogP contribution is 2.23. The number of halogens is 1. The van der Waals surface area contributed by atoms with Crippen molar-refractivity contribution in [2.24, 2.45) is 0 Å². The number of anilines is 3. The van der Waals surface area contributed by atoms with Gasteiger partial charge >= 0.3 is 0 Å². The summed E-state index contributed by atoms with van der Waals surface area (Å²) < 4.78 is 0. The van der Waals surface area contributed by atoms with Gasteiger partial charge in [0, 0.05) is 6.04 Å². The van der Waals surface area contributed by atoms with Crippen LogP contribution in [0.25, 0.3) is 0 Å². The molecule has 0 aliphatic heterocycles. The van der Waals surface area contributed by atoms with Crippen LogP contribution in [-0.4, -0.2) is 16.0 Å².